The Bertz CT molecular complexity index is 418. The van der Waals surface area contributed by atoms with Crippen molar-refractivity contribution in [3.05, 3.63) is 23.6 Å². The number of nitrogens with zero attached hydrogens (tertiary/aromatic N) is 3. The average molecular weight is 272 g/mol. The van der Waals surface area contributed by atoms with E-state index in [1.807, 2.05) is 6.92 Å². The van der Waals surface area contributed by atoms with Crippen molar-refractivity contribution in [1.29, 1.82) is 0 Å². The van der Waals surface area contributed by atoms with Gasteiger partial charge in [-0.2, -0.15) is 0 Å². The minimum Gasteiger partial charge on any atom is -0.403 e. The zero-order valence-corrected chi connectivity index (χ0v) is 11.5. The van der Waals surface area contributed by atoms with Gasteiger partial charge in [-0.3, -0.25) is 9.80 Å². The van der Waals surface area contributed by atoms with Gasteiger partial charge >= 0.3 is 0 Å². The summed E-state index contributed by atoms with van der Waals surface area (Å²) < 4.78 is 0. The van der Waals surface area contributed by atoms with Crippen LogP contribution in [-0.4, -0.2) is 41.8 Å². The molecular weight excluding hydrogens is 254 g/mol. The van der Waals surface area contributed by atoms with Gasteiger partial charge in [0.15, 0.2) is 5.84 Å². The molecule has 0 saturated carbocycles. The van der Waals surface area contributed by atoms with Crippen molar-refractivity contribution in [2.45, 2.75) is 19.4 Å². The van der Waals surface area contributed by atoms with Gasteiger partial charge in [0, 0.05) is 20.3 Å². The van der Waals surface area contributed by atoms with E-state index in [4.69, 9.17) is 17.3 Å². The lowest BCUT2D eigenvalue weighted by atomic mass is 10.1. The third kappa shape index (κ3) is 2.49. The fourth-order valence-electron chi connectivity index (χ4n) is 1.91. The summed E-state index contributed by atoms with van der Waals surface area (Å²) in [5, 5.41) is 1.77. The lowest BCUT2D eigenvalue weighted by Gasteiger charge is -2.41. The maximum Gasteiger partial charge on any atom is 0.251 e. The van der Waals surface area contributed by atoms with E-state index < -0.39 is 0 Å². The number of rotatable bonds is 3. The van der Waals surface area contributed by atoms with E-state index in [0.29, 0.717) is 18.0 Å². The van der Waals surface area contributed by atoms with Crippen LogP contribution >= 0.6 is 11.6 Å². The Morgan fingerprint density at radius 2 is 2.33 bits per heavy atom. The van der Waals surface area contributed by atoms with E-state index in [1.165, 1.54) is 11.1 Å². The summed E-state index contributed by atoms with van der Waals surface area (Å²) in [4.78, 5) is 17.8. The number of aliphatic imine (C=N–C) groups is 1. The van der Waals surface area contributed by atoms with Crippen molar-refractivity contribution in [3.8, 4) is 0 Å². The monoisotopic (exact) mass is 271 g/mol. The maximum absolute atomic E-state index is 12.2. The fourth-order valence-corrected chi connectivity index (χ4v) is 1.99. The molecule has 1 rings (SSSR count). The van der Waals surface area contributed by atoms with Crippen LogP contribution in [0.3, 0.4) is 0 Å². The molecule has 1 aliphatic rings. The Hall–Kier alpha value is -1.53. The number of nitrogens with one attached hydrogen (secondary N) is 1. The van der Waals surface area contributed by atoms with Crippen LogP contribution < -0.4 is 11.2 Å². The molecule has 1 aliphatic heterocycles. The van der Waals surface area contributed by atoms with Gasteiger partial charge < -0.3 is 10.6 Å². The molecule has 1 saturated heterocycles. The zero-order valence-electron chi connectivity index (χ0n) is 10.8. The lowest BCUT2D eigenvalue weighted by Crippen LogP contribution is -2.61. The highest BCUT2D eigenvalue weighted by Crippen LogP contribution is 2.21. The molecule has 0 spiro atoms. The molecule has 0 aliphatic carbocycles. The molecule has 18 heavy (non-hydrogen) atoms. The number of hydrogen-bond donors (Lipinski definition) is 2. The van der Waals surface area contributed by atoms with Crippen molar-refractivity contribution >= 4 is 23.3 Å². The molecule has 100 valence electrons. The Morgan fingerprint density at radius 1 is 1.72 bits per heavy atom. The molecule has 1 atom stereocenters. The van der Waals surface area contributed by atoms with E-state index in [1.54, 1.807) is 19.1 Å². The SMILES string of the molecule is C=C(Cl)N=C1/C(=C\N)N(C)C(=O)C(CC)N1NC. The summed E-state index contributed by atoms with van der Waals surface area (Å²) in [6.07, 6.45) is 1.96. The number of amidine groups is 1. The molecule has 1 amide bonds. The number of piperazine rings is 1. The molecule has 1 unspecified atom stereocenters. The number of carbonyl (C=O) groups excluding carboxylic acids is 1. The Labute approximate surface area is 112 Å². The second-order valence-corrected chi connectivity index (χ2v) is 4.21. The van der Waals surface area contributed by atoms with Gasteiger partial charge in [0.25, 0.3) is 5.91 Å². The van der Waals surface area contributed by atoms with Gasteiger partial charge in [0.05, 0.1) is 0 Å². The third-order valence-corrected chi connectivity index (χ3v) is 2.84. The number of halogens is 1. The molecule has 0 aromatic rings. The normalized spacial score (nSPS) is 25.1. The van der Waals surface area contributed by atoms with Crippen LogP contribution in [0.25, 0.3) is 0 Å². The molecule has 7 heteroatoms. The molecule has 3 N–H and O–H groups in total. The molecule has 0 bridgehead atoms. The first-order valence-electron chi connectivity index (χ1n) is 5.57. The van der Waals surface area contributed by atoms with Gasteiger partial charge in [-0.15, -0.1) is 0 Å². The van der Waals surface area contributed by atoms with Gasteiger partial charge in [-0.05, 0) is 6.42 Å². The quantitative estimate of drug-likeness (QED) is 0.737. The maximum atomic E-state index is 12.2. The van der Waals surface area contributed by atoms with Crippen LogP contribution in [0.4, 0.5) is 0 Å². The molecule has 0 radical (unpaired) electrons. The van der Waals surface area contributed by atoms with Crippen LogP contribution in [-0.2, 0) is 4.79 Å². The second kappa shape index (κ2) is 5.88. The van der Waals surface area contributed by atoms with Gasteiger partial charge in [0.1, 0.15) is 16.9 Å². The van der Waals surface area contributed by atoms with Crippen molar-refractivity contribution < 1.29 is 4.79 Å². The smallest absolute Gasteiger partial charge is 0.251 e. The van der Waals surface area contributed by atoms with Gasteiger partial charge in [0.2, 0.25) is 0 Å². The molecule has 1 fully saturated rings. The summed E-state index contributed by atoms with van der Waals surface area (Å²) in [5.74, 6) is 0.427. The van der Waals surface area contributed by atoms with E-state index in [9.17, 15) is 4.79 Å². The van der Waals surface area contributed by atoms with E-state index >= 15 is 0 Å². The first-order valence-corrected chi connectivity index (χ1v) is 5.95. The Balaban J connectivity index is 3.32. The highest BCUT2D eigenvalue weighted by atomic mass is 35.5. The summed E-state index contributed by atoms with van der Waals surface area (Å²) in [5.41, 5.74) is 8.98. The van der Waals surface area contributed by atoms with Crippen molar-refractivity contribution in [2.75, 3.05) is 14.1 Å². The molecular formula is C11H18ClN5O. The average Bonchev–Trinajstić information content (AvgIpc) is 2.33. The predicted octanol–water partition coefficient (Wildman–Crippen LogP) is 0.582. The van der Waals surface area contributed by atoms with Gasteiger partial charge in [-0.25, -0.2) is 10.4 Å². The molecule has 6 nitrogen and oxygen atoms in total. The van der Waals surface area contributed by atoms with Crippen molar-refractivity contribution in [1.82, 2.24) is 15.3 Å². The summed E-state index contributed by atoms with van der Waals surface area (Å²) >= 11 is 5.72. The topological polar surface area (TPSA) is 74.0 Å². The lowest BCUT2D eigenvalue weighted by molar-refractivity contribution is -0.134. The largest absolute Gasteiger partial charge is 0.403 e. The van der Waals surface area contributed by atoms with Crippen molar-refractivity contribution in [3.63, 3.8) is 0 Å². The van der Waals surface area contributed by atoms with Crippen LogP contribution in [0.15, 0.2) is 28.6 Å². The number of hydrazine groups is 1. The fraction of sp³-hybridized carbons (Fsp3) is 0.455. The zero-order chi connectivity index (χ0) is 13.9. The van der Waals surface area contributed by atoms with Crippen LogP contribution in [0.2, 0.25) is 0 Å². The van der Waals surface area contributed by atoms with Gasteiger partial charge in [-0.1, -0.05) is 25.1 Å². The Kier molecular flexibility index (Phi) is 4.75. The number of likely N-dealkylation sites (N-methyl/N-ethyl adjacent to an activating group) is 1. The molecule has 0 aromatic carbocycles. The number of hydrogen-bond acceptors (Lipinski definition) is 4. The highest BCUT2D eigenvalue weighted by molar-refractivity contribution is 6.30. The Morgan fingerprint density at radius 3 is 2.72 bits per heavy atom. The van der Waals surface area contributed by atoms with Crippen LogP contribution in [0.5, 0.6) is 0 Å². The van der Waals surface area contributed by atoms with Crippen LogP contribution in [0, 0.1) is 0 Å². The minimum atomic E-state index is -0.349. The first kappa shape index (κ1) is 14.5. The number of carbonyl (C=O) groups is 1. The summed E-state index contributed by atoms with van der Waals surface area (Å²) in [6.45, 7) is 5.46. The second-order valence-electron chi connectivity index (χ2n) is 3.78. The molecule has 0 aromatic heterocycles. The highest BCUT2D eigenvalue weighted by Gasteiger charge is 2.38. The van der Waals surface area contributed by atoms with Crippen molar-refractivity contribution in [2.24, 2.45) is 10.7 Å². The first-order chi connectivity index (χ1) is 8.47. The number of nitrogens with two attached hydrogens (primary N) is 1. The van der Waals surface area contributed by atoms with Crippen LogP contribution in [0.1, 0.15) is 13.3 Å². The summed E-state index contributed by atoms with van der Waals surface area (Å²) in [7, 11) is 3.37. The van der Waals surface area contributed by atoms with E-state index in [2.05, 4.69) is 17.0 Å². The summed E-state index contributed by atoms with van der Waals surface area (Å²) in [6, 6.07) is -0.349. The van der Waals surface area contributed by atoms with E-state index in [0.717, 1.165) is 0 Å². The minimum absolute atomic E-state index is 0.0531. The number of amides is 1. The standard InChI is InChI=1S/C11H18ClN5O/c1-5-8-11(18)16(4)9(6-13)10(15-7(2)12)17(8)14-3/h6,8,14H,2,5,13H2,1,3-4H3/b9-6+,15-10?. The molecule has 1 heterocycles. The third-order valence-electron chi connectivity index (χ3n) is 2.76. The van der Waals surface area contributed by atoms with E-state index in [-0.39, 0.29) is 17.1 Å². The predicted molar refractivity (Wildman–Crippen MR) is 72.4 cm³/mol.